The molecule has 0 radical (unpaired) electrons. The summed E-state index contributed by atoms with van der Waals surface area (Å²) in [4.78, 5) is 13.9. The van der Waals surface area contributed by atoms with E-state index in [0.29, 0.717) is 18.8 Å². The fourth-order valence-corrected chi connectivity index (χ4v) is 3.55. The largest absolute Gasteiger partial charge is 0.343 e. The van der Waals surface area contributed by atoms with Crippen LogP contribution in [0.15, 0.2) is 24.3 Å². The molecule has 0 atom stereocenters. The first-order chi connectivity index (χ1) is 10.7. The van der Waals surface area contributed by atoms with Crippen LogP contribution in [0.4, 0.5) is 5.69 Å². The molecule has 0 heterocycles. The minimum atomic E-state index is -3.45. The molecule has 1 amide bonds. The van der Waals surface area contributed by atoms with E-state index in [0.717, 1.165) is 5.56 Å². The number of rotatable bonds is 8. The van der Waals surface area contributed by atoms with Crippen LogP contribution in [0.25, 0.3) is 0 Å². The normalized spacial score (nSPS) is 11.6. The summed E-state index contributed by atoms with van der Waals surface area (Å²) in [5.41, 5.74) is 1.63. The van der Waals surface area contributed by atoms with Crippen molar-refractivity contribution in [3.63, 3.8) is 0 Å². The molecule has 0 spiro atoms. The molecule has 0 aliphatic carbocycles. The lowest BCUT2D eigenvalue weighted by atomic mass is 10.0. The number of anilines is 1. The third-order valence-electron chi connectivity index (χ3n) is 3.87. The maximum atomic E-state index is 12.2. The van der Waals surface area contributed by atoms with E-state index in [2.05, 4.69) is 0 Å². The first kappa shape index (κ1) is 19.5. The average Bonchev–Trinajstić information content (AvgIpc) is 2.47. The first-order valence-electron chi connectivity index (χ1n) is 8.06. The van der Waals surface area contributed by atoms with Gasteiger partial charge in [0.05, 0.1) is 11.9 Å². The van der Waals surface area contributed by atoms with Gasteiger partial charge in [-0.2, -0.15) is 0 Å². The van der Waals surface area contributed by atoms with Crippen molar-refractivity contribution in [3.8, 4) is 0 Å². The second-order valence-corrected chi connectivity index (χ2v) is 7.77. The van der Waals surface area contributed by atoms with Gasteiger partial charge in [-0.25, -0.2) is 8.42 Å². The van der Waals surface area contributed by atoms with E-state index in [1.165, 1.54) is 10.6 Å². The molecule has 1 rings (SSSR count). The van der Waals surface area contributed by atoms with Crippen molar-refractivity contribution in [1.29, 1.82) is 0 Å². The molecule has 0 aliphatic rings. The van der Waals surface area contributed by atoms with Crippen LogP contribution in [0.2, 0.25) is 0 Å². The molecule has 0 saturated carbocycles. The highest BCUT2D eigenvalue weighted by Gasteiger charge is 2.22. The van der Waals surface area contributed by atoms with Crippen LogP contribution in [-0.2, 0) is 14.8 Å². The van der Waals surface area contributed by atoms with Crippen molar-refractivity contribution in [1.82, 2.24) is 4.90 Å². The highest BCUT2D eigenvalue weighted by molar-refractivity contribution is 7.92. The lowest BCUT2D eigenvalue weighted by molar-refractivity contribution is -0.130. The third kappa shape index (κ3) is 5.23. The van der Waals surface area contributed by atoms with Gasteiger partial charge in [-0.3, -0.25) is 9.10 Å². The van der Waals surface area contributed by atoms with E-state index in [4.69, 9.17) is 0 Å². The Bertz CT molecular complexity index is 622. The molecule has 0 unspecified atom stereocenters. The summed E-state index contributed by atoms with van der Waals surface area (Å²) in [6.07, 6.45) is 1.37. The Morgan fingerprint density at radius 1 is 1.13 bits per heavy atom. The lowest BCUT2D eigenvalue weighted by Crippen LogP contribution is -2.37. The quantitative estimate of drug-likeness (QED) is 0.731. The van der Waals surface area contributed by atoms with Crippen molar-refractivity contribution in [2.75, 3.05) is 30.2 Å². The molecule has 5 nitrogen and oxygen atoms in total. The maximum absolute atomic E-state index is 12.2. The standard InChI is InChI=1S/C17H28N2O3S/c1-6-18(7-2)17(20)12-13-19(23(5,21)22)16-11-9-8-10-15(16)14(3)4/h8-11,14H,6-7,12-13H2,1-5H3. The topological polar surface area (TPSA) is 57.7 Å². The first-order valence-corrected chi connectivity index (χ1v) is 9.91. The minimum absolute atomic E-state index is 0.0225. The van der Waals surface area contributed by atoms with Gasteiger partial charge in [0.25, 0.3) is 0 Å². The lowest BCUT2D eigenvalue weighted by Gasteiger charge is -2.27. The fourth-order valence-electron chi connectivity index (χ4n) is 2.60. The molecule has 1 aromatic carbocycles. The molecule has 0 aromatic heterocycles. The van der Waals surface area contributed by atoms with Gasteiger partial charge in [-0.05, 0) is 31.4 Å². The Balaban J connectivity index is 3.07. The zero-order valence-electron chi connectivity index (χ0n) is 14.7. The van der Waals surface area contributed by atoms with Crippen LogP contribution in [0.1, 0.15) is 45.6 Å². The van der Waals surface area contributed by atoms with E-state index in [9.17, 15) is 13.2 Å². The second-order valence-electron chi connectivity index (χ2n) is 5.86. The Morgan fingerprint density at radius 2 is 1.70 bits per heavy atom. The van der Waals surface area contributed by atoms with Gasteiger partial charge < -0.3 is 4.90 Å². The highest BCUT2D eigenvalue weighted by atomic mass is 32.2. The maximum Gasteiger partial charge on any atom is 0.232 e. The Kier molecular flexibility index (Phi) is 7.06. The van der Waals surface area contributed by atoms with Crippen LogP contribution in [0, 0.1) is 0 Å². The smallest absolute Gasteiger partial charge is 0.232 e. The van der Waals surface area contributed by atoms with Crippen LogP contribution in [0.3, 0.4) is 0 Å². The molecular formula is C17H28N2O3S. The molecule has 130 valence electrons. The number of carbonyl (C=O) groups is 1. The van der Waals surface area contributed by atoms with E-state index in [-0.39, 0.29) is 24.8 Å². The van der Waals surface area contributed by atoms with Crippen molar-refractivity contribution in [2.24, 2.45) is 0 Å². The molecule has 1 aromatic rings. The summed E-state index contributed by atoms with van der Waals surface area (Å²) in [6.45, 7) is 9.33. The summed E-state index contributed by atoms with van der Waals surface area (Å²) in [7, 11) is -3.45. The van der Waals surface area contributed by atoms with Crippen molar-refractivity contribution in [3.05, 3.63) is 29.8 Å². The number of carbonyl (C=O) groups excluding carboxylic acids is 1. The van der Waals surface area contributed by atoms with Crippen molar-refractivity contribution in [2.45, 2.75) is 40.0 Å². The number of hydrogen-bond donors (Lipinski definition) is 0. The fraction of sp³-hybridized carbons (Fsp3) is 0.588. The number of amides is 1. The molecule has 0 N–H and O–H groups in total. The Morgan fingerprint density at radius 3 is 2.17 bits per heavy atom. The van der Waals surface area contributed by atoms with Gasteiger partial charge in [-0.1, -0.05) is 32.0 Å². The molecule has 6 heteroatoms. The van der Waals surface area contributed by atoms with Gasteiger partial charge in [0.2, 0.25) is 15.9 Å². The zero-order chi connectivity index (χ0) is 17.6. The summed E-state index contributed by atoms with van der Waals surface area (Å²) >= 11 is 0. The SMILES string of the molecule is CCN(CC)C(=O)CCN(c1ccccc1C(C)C)S(C)(=O)=O. The molecule has 0 aliphatic heterocycles. The molecule has 0 fully saturated rings. The number of sulfonamides is 1. The summed E-state index contributed by atoms with van der Waals surface area (Å²) < 4.78 is 25.8. The highest BCUT2D eigenvalue weighted by Crippen LogP contribution is 2.29. The van der Waals surface area contributed by atoms with Crippen LogP contribution in [-0.4, -0.2) is 45.1 Å². The van der Waals surface area contributed by atoms with Gasteiger partial charge >= 0.3 is 0 Å². The number of hydrogen-bond acceptors (Lipinski definition) is 3. The van der Waals surface area contributed by atoms with E-state index < -0.39 is 10.0 Å². The summed E-state index contributed by atoms with van der Waals surface area (Å²) in [5, 5.41) is 0. The molecule has 0 saturated heterocycles. The third-order valence-corrected chi connectivity index (χ3v) is 5.05. The van der Waals surface area contributed by atoms with Crippen LogP contribution in [0.5, 0.6) is 0 Å². The van der Waals surface area contributed by atoms with E-state index >= 15 is 0 Å². The summed E-state index contributed by atoms with van der Waals surface area (Å²) in [5.74, 6) is 0.180. The predicted molar refractivity (Wildman–Crippen MR) is 95.3 cm³/mol. The van der Waals surface area contributed by atoms with E-state index in [1.54, 1.807) is 11.0 Å². The number of para-hydroxylation sites is 1. The van der Waals surface area contributed by atoms with Crippen LogP contribution < -0.4 is 4.31 Å². The Hall–Kier alpha value is -1.56. The van der Waals surface area contributed by atoms with Gasteiger partial charge in [0, 0.05) is 26.1 Å². The second kappa shape index (κ2) is 8.34. The Labute approximate surface area is 140 Å². The molecular weight excluding hydrogens is 312 g/mol. The van der Waals surface area contributed by atoms with Crippen LogP contribution >= 0.6 is 0 Å². The van der Waals surface area contributed by atoms with Crippen molar-refractivity contribution >= 4 is 21.6 Å². The van der Waals surface area contributed by atoms with E-state index in [1.807, 2.05) is 45.9 Å². The number of benzene rings is 1. The average molecular weight is 340 g/mol. The van der Waals surface area contributed by atoms with Crippen molar-refractivity contribution < 1.29 is 13.2 Å². The van der Waals surface area contributed by atoms with Gasteiger partial charge in [0.1, 0.15) is 0 Å². The summed E-state index contributed by atoms with van der Waals surface area (Å²) in [6, 6.07) is 7.47. The van der Waals surface area contributed by atoms with Gasteiger partial charge in [-0.15, -0.1) is 0 Å². The molecule has 23 heavy (non-hydrogen) atoms. The predicted octanol–water partition coefficient (Wildman–Crippen LogP) is 2.83. The number of nitrogens with zero attached hydrogens (tertiary/aromatic N) is 2. The van der Waals surface area contributed by atoms with Gasteiger partial charge in [0.15, 0.2) is 0 Å². The zero-order valence-corrected chi connectivity index (χ0v) is 15.6. The monoisotopic (exact) mass is 340 g/mol. The molecule has 0 bridgehead atoms. The minimum Gasteiger partial charge on any atom is -0.343 e.